The molecule has 45 heavy (non-hydrogen) atoms. The highest BCUT2D eigenvalue weighted by atomic mass is 16.2. The van der Waals surface area contributed by atoms with E-state index in [4.69, 9.17) is 0 Å². The van der Waals surface area contributed by atoms with Gasteiger partial charge in [0.2, 0.25) is 0 Å². The molecule has 0 radical (unpaired) electrons. The first-order chi connectivity index (χ1) is 21.4. The van der Waals surface area contributed by atoms with E-state index in [-0.39, 0.29) is 35.2 Å². The van der Waals surface area contributed by atoms with Gasteiger partial charge in [0, 0.05) is 12.6 Å². The zero-order valence-electron chi connectivity index (χ0n) is 25.5. The van der Waals surface area contributed by atoms with Gasteiger partial charge in [-0.3, -0.25) is 33.7 Å². The van der Waals surface area contributed by atoms with Crippen LogP contribution < -0.4 is 4.90 Å². The molecule has 0 aromatic heterocycles. The van der Waals surface area contributed by atoms with Crippen molar-refractivity contribution in [1.29, 1.82) is 0 Å². The molecular weight excluding hydrogens is 568 g/mol. The summed E-state index contributed by atoms with van der Waals surface area (Å²) in [4.78, 5) is 75.0. The number of anilines is 1. The number of amides is 4. The fraction of sp³-hybridized carbons (Fsp3) is 0.135. The number of fused-ring (bicyclic) bond motifs is 2. The van der Waals surface area contributed by atoms with Crippen molar-refractivity contribution in [3.05, 3.63) is 130 Å². The summed E-state index contributed by atoms with van der Waals surface area (Å²) in [6.07, 6.45) is 1.37. The smallest absolute Gasteiger partial charge is 0.266 e. The van der Waals surface area contributed by atoms with Gasteiger partial charge in [-0.15, -0.1) is 0 Å². The predicted molar refractivity (Wildman–Crippen MR) is 171 cm³/mol. The highest BCUT2D eigenvalue weighted by molar-refractivity contribution is 6.34. The van der Waals surface area contributed by atoms with Crippen LogP contribution in [0.15, 0.2) is 91.0 Å². The van der Waals surface area contributed by atoms with E-state index in [1.165, 1.54) is 31.9 Å². The molecule has 224 valence electrons. The van der Waals surface area contributed by atoms with Gasteiger partial charge in [0.15, 0.2) is 11.6 Å². The second kappa shape index (κ2) is 12.1. The Bertz CT molecular complexity index is 1950. The number of carbonyl (C=O) groups is 6. The molecule has 0 saturated heterocycles. The number of Topliss-reactive ketones (excluding diaryl/α,β-unsaturated/α-hetero) is 1. The molecule has 6 rings (SSSR count). The standard InChI is InChI=1S/C25H18N2O4.C12H12O2/c1-13-8-14(2)10-17(9-13)27-24(30)19-7-5-16(12-21(19)25(27)31)15-4-6-18-20(11-15)23(29)26(3)22(18)28;1-9(13)8-12(10(2)14)11-6-4-3-5-7-11/h4-12H,1-3H3;3-8H,1-2H3/b;12-8+. The van der Waals surface area contributed by atoms with Gasteiger partial charge in [0.25, 0.3) is 23.6 Å². The number of rotatable bonds is 5. The fourth-order valence-electron chi connectivity index (χ4n) is 5.48. The molecule has 2 heterocycles. The highest BCUT2D eigenvalue weighted by Gasteiger charge is 2.37. The molecule has 0 bridgehead atoms. The zero-order valence-corrected chi connectivity index (χ0v) is 25.5. The summed E-state index contributed by atoms with van der Waals surface area (Å²) in [5.41, 5.74) is 6.51. The Morgan fingerprint density at radius 1 is 0.600 bits per heavy atom. The number of ketones is 2. The lowest BCUT2D eigenvalue weighted by atomic mass is 9.97. The predicted octanol–water partition coefficient (Wildman–Crippen LogP) is 6.24. The monoisotopic (exact) mass is 598 g/mol. The molecule has 0 atom stereocenters. The number of aryl methyl sites for hydroxylation is 2. The second-order valence-electron chi connectivity index (χ2n) is 11.1. The maximum absolute atomic E-state index is 13.1. The number of hydrogen-bond acceptors (Lipinski definition) is 6. The van der Waals surface area contributed by atoms with Crippen molar-refractivity contribution in [3.63, 3.8) is 0 Å². The Balaban J connectivity index is 0.000000241. The minimum absolute atomic E-state index is 0.0913. The van der Waals surface area contributed by atoms with Gasteiger partial charge in [0.05, 0.1) is 27.9 Å². The molecule has 8 heteroatoms. The van der Waals surface area contributed by atoms with Gasteiger partial charge in [-0.2, -0.15) is 0 Å². The van der Waals surface area contributed by atoms with Crippen LogP contribution in [0.25, 0.3) is 16.7 Å². The summed E-state index contributed by atoms with van der Waals surface area (Å²) < 4.78 is 0. The molecule has 4 amide bonds. The van der Waals surface area contributed by atoms with E-state index >= 15 is 0 Å². The molecule has 4 aromatic rings. The third-order valence-corrected chi connectivity index (χ3v) is 7.59. The fourth-order valence-corrected chi connectivity index (χ4v) is 5.48. The lowest BCUT2D eigenvalue weighted by Crippen LogP contribution is -2.29. The summed E-state index contributed by atoms with van der Waals surface area (Å²) in [5, 5.41) is 0. The average molecular weight is 599 g/mol. The summed E-state index contributed by atoms with van der Waals surface area (Å²) in [6, 6.07) is 24.9. The normalized spacial score (nSPS) is 13.8. The van der Waals surface area contributed by atoms with Gasteiger partial charge in [-0.25, -0.2) is 4.90 Å². The van der Waals surface area contributed by atoms with Crippen molar-refractivity contribution in [2.24, 2.45) is 0 Å². The largest absolute Gasteiger partial charge is 0.295 e. The zero-order chi connectivity index (χ0) is 32.6. The Morgan fingerprint density at radius 2 is 1.09 bits per heavy atom. The van der Waals surface area contributed by atoms with Crippen LogP contribution in [0.2, 0.25) is 0 Å². The summed E-state index contributed by atoms with van der Waals surface area (Å²) >= 11 is 0. The lowest BCUT2D eigenvalue weighted by Gasteiger charge is -2.15. The average Bonchev–Trinajstić information content (AvgIpc) is 3.39. The van der Waals surface area contributed by atoms with Crippen molar-refractivity contribution in [2.75, 3.05) is 11.9 Å². The first kappa shape index (κ1) is 30.7. The van der Waals surface area contributed by atoms with Crippen LogP contribution in [-0.2, 0) is 9.59 Å². The molecule has 2 aliphatic rings. The molecule has 2 aliphatic heterocycles. The van der Waals surface area contributed by atoms with Gasteiger partial charge in [0.1, 0.15) is 0 Å². The van der Waals surface area contributed by atoms with Crippen molar-refractivity contribution < 1.29 is 28.8 Å². The number of carbonyl (C=O) groups excluding carboxylic acids is 6. The van der Waals surface area contributed by atoms with Gasteiger partial charge in [-0.05, 0) is 98.0 Å². The van der Waals surface area contributed by atoms with Gasteiger partial charge < -0.3 is 0 Å². The molecular formula is C37H30N2O6. The Hall–Kier alpha value is -5.76. The van der Waals surface area contributed by atoms with Crippen LogP contribution in [0.3, 0.4) is 0 Å². The molecule has 0 spiro atoms. The highest BCUT2D eigenvalue weighted by Crippen LogP contribution is 2.34. The summed E-state index contributed by atoms with van der Waals surface area (Å²) in [5.74, 6) is -1.61. The number of nitrogens with zero attached hydrogens (tertiary/aromatic N) is 2. The van der Waals surface area contributed by atoms with Gasteiger partial charge in [-0.1, -0.05) is 48.5 Å². The minimum Gasteiger partial charge on any atom is -0.295 e. The molecule has 0 fully saturated rings. The number of benzene rings is 4. The van der Waals surface area contributed by atoms with E-state index in [1.807, 2.05) is 62.4 Å². The molecule has 0 unspecified atom stereocenters. The van der Waals surface area contributed by atoms with Crippen LogP contribution >= 0.6 is 0 Å². The van der Waals surface area contributed by atoms with Crippen molar-refractivity contribution in [2.45, 2.75) is 27.7 Å². The van der Waals surface area contributed by atoms with Crippen molar-refractivity contribution >= 4 is 46.5 Å². The lowest BCUT2D eigenvalue weighted by molar-refractivity contribution is -0.114. The topological polar surface area (TPSA) is 109 Å². The van der Waals surface area contributed by atoms with Crippen LogP contribution in [0.5, 0.6) is 0 Å². The minimum atomic E-state index is -0.376. The van der Waals surface area contributed by atoms with Crippen molar-refractivity contribution in [3.8, 4) is 11.1 Å². The quantitative estimate of drug-likeness (QED) is 0.199. The van der Waals surface area contributed by atoms with Crippen LogP contribution in [0, 0.1) is 13.8 Å². The van der Waals surface area contributed by atoms with Crippen LogP contribution in [0.4, 0.5) is 5.69 Å². The van der Waals surface area contributed by atoms with E-state index in [9.17, 15) is 28.8 Å². The van der Waals surface area contributed by atoms with E-state index < -0.39 is 0 Å². The maximum atomic E-state index is 13.1. The molecule has 0 aliphatic carbocycles. The Kier molecular flexibility index (Phi) is 8.24. The first-order valence-electron chi connectivity index (χ1n) is 14.2. The number of allylic oxidation sites excluding steroid dienone is 2. The molecule has 0 saturated carbocycles. The van der Waals surface area contributed by atoms with Crippen molar-refractivity contribution in [1.82, 2.24) is 4.90 Å². The van der Waals surface area contributed by atoms with Gasteiger partial charge >= 0.3 is 0 Å². The van der Waals surface area contributed by atoms with Crippen LogP contribution in [0.1, 0.15) is 72.0 Å². The third-order valence-electron chi connectivity index (χ3n) is 7.59. The Labute approximate surface area is 260 Å². The van der Waals surface area contributed by atoms with E-state index in [2.05, 4.69) is 0 Å². The molecule has 8 nitrogen and oxygen atoms in total. The third kappa shape index (κ3) is 5.90. The molecule has 4 aromatic carbocycles. The second-order valence-corrected chi connectivity index (χ2v) is 11.1. The SMILES string of the molecule is CC(=O)/C=C(\C(C)=O)c1ccccc1.Cc1cc(C)cc(N2C(=O)c3ccc(-c4ccc5c(c4)C(=O)N(C)C5=O)cc3C2=O)c1. The van der Waals surface area contributed by atoms with E-state index in [1.54, 1.807) is 36.4 Å². The molecule has 0 N–H and O–H groups in total. The Morgan fingerprint density at radius 3 is 1.62 bits per heavy atom. The van der Waals surface area contributed by atoms with E-state index in [0.717, 1.165) is 21.6 Å². The summed E-state index contributed by atoms with van der Waals surface area (Å²) in [6.45, 7) is 6.74. The summed E-state index contributed by atoms with van der Waals surface area (Å²) in [7, 11) is 1.45. The first-order valence-corrected chi connectivity index (χ1v) is 14.2. The number of hydrogen-bond donors (Lipinski definition) is 0. The van der Waals surface area contributed by atoms with Crippen LogP contribution in [-0.4, -0.2) is 47.1 Å². The maximum Gasteiger partial charge on any atom is 0.266 e. The number of imide groups is 2. The van der Waals surface area contributed by atoms with E-state index in [0.29, 0.717) is 44.6 Å².